The van der Waals surface area contributed by atoms with E-state index in [1.54, 1.807) is 0 Å². The van der Waals surface area contributed by atoms with Crippen LogP contribution in [-0.4, -0.2) is 18.9 Å². The van der Waals surface area contributed by atoms with Crippen LogP contribution in [0, 0.1) is 11.8 Å². The molecule has 2 nitrogen and oxygen atoms in total. The lowest BCUT2D eigenvalue weighted by molar-refractivity contribution is 0.112. The minimum Gasteiger partial charge on any atom is -0.368 e. The third-order valence-electron chi connectivity index (χ3n) is 3.65. The molecule has 0 aromatic carbocycles. The summed E-state index contributed by atoms with van der Waals surface area (Å²) in [4.78, 5) is 14.0. The van der Waals surface area contributed by atoms with Gasteiger partial charge in [0, 0.05) is 23.7 Å². The Morgan fingerprint density at radius 3 is 2.81 bits per heavy atom. The Morgan fingerprint density at radius 2 is 2.19 bits per heavy atom. The second-order valence-corrected chi connectivity index (χ2v) is 5.98. The zero-order valence-electron chi connectivity index (χ0n) is 10.1. The molecule has 0 bridgehead atoms. The van der Waals surface area contributed by atoms with Gasteiger partial charge >= 0.3 is 0 Å². The van der Waals surface area contributed by atoms with E-state index in [1.807, 2.05) is 6.07 Å². The Kier molecular flexibility index (Phi) is 3.33. The van der Waals surface area contributed by atoms with Crippen LogP contribution in [0.2, 0.25) is 0 Å². The molecule has 1 saturated heterocycles. The minimum absolute atomic E-state index is 0.574. The molecule has 1 aliphatic rings. The first kappa shape index (κ1) is 11.6. The average molecular weight is 237 g/mol. The van der Waals surface area contributed by atoms with Crippen molar-refractivity contribution in [2.45, 2.75) is 33.2 Å². The van der Waals surface area contributed by atoms with E-state index in [2.05, 4.69) is 31.1 Å². The highest BCUT2D eigenvalue weighted by molar-refractivity contribution is 7.12. The van der Waals surface area contributed by atoms with Crippen LogP contribution in [-0.2, 0) is 0 Å². The molecule has 0 radical (unpaired) electrons. The molecular formula is C13H19NOS. The van der Waals surface area contributed by atoms with Crippen molar-refractivity contribution in [1.29, 1.82) is 0 Å². The van der Waals surface area contributed by atoms with Crippen LogP contribution < -0.4 is 4.90 Å². The highest BCUT2D eigenvalue weighted by atomic mass is 32.1. The molecular weight excluding hydrogens is 218 g/mol. The summed E-state index contributed by atoms with van der Waals surface area (Å²) in [6.45, 7) is 8.03. The summed E-state index contributed by atoms with van der Waals surface area (Å²) in [6.07, 6.45) is 2.25. The van der Waals surface area contributed by atoms with Crippen molar-refractivity contribution in [3.63, 3.8) is 0 Å². The van der Waals surface area contributed by atoms with Gasteiger partial charge in [0.15, 0.2) is 6.29 Å². The SMILES string of the molecule is CC1CC(C)C(C)N(c2csc(C=O)c2)C1. The van der Waals surface area contributed by atoms with E-state index in [1.165, 1.54) is 23.4 Å². The largest absolute Gasteiger partial charge is 0.368 e. The number of anilines is 1. The molecule has 2 heterocycles. The smallest absolute Gasteiger partial charge is 0.160 e. The van der Waals surface area contributed by atoms with E-state index in [9.17, 15) is 4.79 Å². The van der Waals surface area contributed by atoms with Crippen LogP contribution >= 0.6 is 11.3 Å². The fraction of sp³-hybridized carbons (Fsp3) is 0.615. The number of carbonyl (C=O) groups is 1. The first-order chi connectivity index (χ1) is 7.61. The number of nitrogens with zero attached hydrogens (tertiary/aromatic N) is 1. The van der Waals surface area contributed by atoms with Crippen molar-refractivity contribution < 1.29 is 4.79 Å². The van der Waals surface area contributed by atoms with Gasteiger partial charge in [0.05, 0.1) is 4.88 Å². The predicted molar refractivity (Wildman–Crippen MR) is 69.5 cm³/mol. The van der Waals surface area contributed by atoms with Crippen molar-refractivity contribution in [3.05, 3.63) is 16.3 Å². The second kappa shape index (κ2) is 4.58. The Morgan fingerprint density at radius 1 is 1.44 bits per heavy atom. The molecule has 16 heavy (non-hydrogen) atoms. The van der Waals surface area contributed by atoms with Crippen LogP contribution in [0.4, 0.5) is 5.69 Å². The van der Waals surface area contributed by atoms with Crippen molar-refractivity contribution in [1.82, 2.24) is 0 Å². The van der Waals surface area contributed by atoms with Gasteiger partial charge in [0.2, 0.25) is 0 Å². The third kappa shape index (κ3) is 2.14. The number of carbonyl (C=O) groups excluding carboxylic acids is 1. The molecule has 3 heteroatoms. The van der Waals surface area contributed by atoms with Gasteiger partial charge in [0.1, 0.15) is 0 Å². The van der Waals surface area contributed by atoms with Crippen molar-refractivity contribution in [2.75, 3.05) is 11.4 Å². The highest BCUT2D eigenvalue weighted by Crippen LogP contribution is 2.33. The quantitative estimate of drug-likeness (QED) is 0.734. The Hall–Kier alpha value is -0.830. The van der Waals surface area contributed by atoms with Gasteiger partial charge < -0.3 is 4.90 Å². The lowest BCUT2D eigenvalue weighted by atomic mass is 9.86. The van der Waals surface area contributed by atoms with Gasteiger partial charge in [-0.15, -0.1) is 11.3 Å². The van der Waals surface area contributed by atoms with Gasteiger partial charge in [0.25, 0.3) is 0 Å². The lowest BCUT2D eigenvalue weighted by Crippen LogP contribution is -2.45. The Labute approximate surface area is 101 Å². The normalized spacial score (nSPS) is 30.4. The number of thiophene rings is 1. The van der Waals surface area contributed by atoms with E-state index >= 15 is 0 Å². The first-order valence-electron chi connectivity index (χ1n) is 5.92. The fourth-order valence-corrected chi connectivity index (χ4v) is 3.32. The Balaban J connectivity index is 2.21. The molecule has 0 amide bonds. The molecule has 1 aromatic heterocycles. The molecule has 0 saturated carbocycles. The van der Waals surface area contributed by atoms with Crippen LogP contribution in [0.25, 0.3) is 0 Å². The topological polar surface area (TPSA) is 20.3 Å². The molecule has 2 rings (SSSR count). The lowest BCUT2D eigenvalue weighted by Gasteiger charge is -2.42. The molecule has 0 aliphatic carbocycles. The molecule has 88 valence electrons. The van der Waals surface area contributed by atoms with Crippen molar-refractivity contribution in [2.24, 2.45) is 11.8 Å². The third-order valence-corrected chi connectivity index (χ3v) is 4.50. The van der Waals surface area contributed by atoms with E-state index in [4.69, 9.17) is 0 Å². The average Bonchev–Trinajstić information content (AvgIpc) is 2.71. The summed E-state index contributed by atoms with van der Waals surface area (Å²) < 4.78 is 0. The Bertz CT molecular complexity index is 374. The zero-order valence-corrected chi connectivity index (χ0v) is 11.0. The van der Waals surface area contributed by atoms with Crippen LogP contribution in [0.3, 0.4) is 0 Å². The van der Waals surface area contributed by atoms with Crippen LogP contribution in [0.1, 0.15) is 36.9 Å². The van der Waals surface area contributed by atoms with Gasteiger partial charge in [-0.1, -0.05) is 13.8 Å². The summed E-state index contributed by atoms with van der Waals surface area (Å²) in [5.74, 6) is 1.47. The molecule has 1 aromatic rings. The minimum atomic E-state index is 0.574. The van der Waals surface area contributed by atoms with E-state index in [0.717, 1.165) is 29.5 Å². The van der Waals surface area contributed by atoms with Gasteiger partial charge in [-0.2, -0.15) is 0 Å². The standard InChI is InChI=1S/C13H19NOS/c1-9-4-10(2)11(3)14(6-9)12-5-13(7-15)16-8-12/h5,7-11H,4,6H2,1-3H3. The molecule has 3 atom stereocenters. The molecule has 1 fully saturated rings. The first-order valence-corrected chi connectivity index (χ1v) is 6.80. The number of hydrogen-bond donors (Lipinski definition) is 0. The zero-order chi connectivity index (χ0) is 11.7. The highest BCUT2D eigenvalue weighted by Gasteiger charge is 2.29. The van der Waals surface area contributed by atoms with E-state index in [-0.39, 0.29) is 0 Å². The van der Waals surface area contributed by atoms with E-state index < -0.39 is 0 Å². The van der Waals surface area contributed by atoms with Gasteiger partial charge in [-0.25, -0.2) is 0 Å². The van der Waals surface area contributed by atoms with Crippen molar-refractivity contribution in [3.8, 4) is 0 Å². The summed E-state index contributed by atoms with van der Waals surface area (Å²) >= 11 is 1.54. The van der Waals surface area contributed by atoms with Gasteiger partial charge in [-0.05, 0) is 31.2 Å². The maximum Gasteiger partial charge on any atom is 0.160 e. The predicted octanol–water partition coefficient (Wildman–Crippen LogP) is 3.43. The second-order valence-electron chi connectivity index (χ2n) is 5.04. The van der Waals surface area contributed by atoms with Crippen LogP contribution in [0.5, 0.6) is 0 Å². The van der Waals surface area contributed by atoms with E-state index in [0.29, 0.717) is 6.04 Å². The summed E-state index contributed by atoms with van der Waals surface area (Å²) in [5.41, 5.74) is 1.22. The molecule has 1 aliphatic heterocycles. The summed E-state index contributed by atoms with van der Waals surface area (Å²) in [6, 6.07) is 2.59. The van der Waals surface area contributed by atoms with Crippen LogP contribution in [0.15, 0.2) is 11.4 Å². The number of rotatable bonds is 2. The molecule has 0 N–H and O–H groups in total. The molecule has 0 spiro atoms. The fourth-order valence-electron chi connectivity index (χ4n) is 2.61. The molecule has 3 unspecified atom stereocenters. The number of hydrogen-bond acceptors (Lipinski definition) is 3. The number of piperidine rings is 1. The summed E-state index contributed by atoms with van der Waals surface area (Å²) in [5, 5.41) is 2.10. The van der Waals surface area contributed by atoms with Crippen molar-refractivity contribution >= 4 is 23.3 Å². The van der Waals surface area contributed by atoms with Gasteiger partial charge in [-0.3, -0.25) is 4.79 Å². The monoisotopic (exact) mass is 237 g/mol. The maximum absolute atomic E-state index is 10.7. The summed E-state index contributed by atoms with van der Waals surface area (Å²) in [7, 11) is 0. The maximum atomic E-state index is 10.7. The number of aldehydes is 1.